The lowest BCUT2D eigenvalue weighted by Crippen LogP contribution is -2.16. The van der Waals surface area contributed by atoms with Crippen LogP contribution in [0.25, 0.3) is 12.2 Å². The molecule has 2 nitrogen and oxygen atoms in total. The number of ether oxygens (including phenoxy) is 2. The molecule has 0 radical (unpaired) electrons. The van der Waals surface area contributed by atoms with Crippen LogP contribution >= 0.6 is 0 Å². The van der Waals surface area contributed by atoms with Crippen molar-refractivity contribution >= 4 is 12.2 Å². The van der Waals surface area contributed by atoms with Crippen molar-refractivity contribution in [3.05, 3.63) is 59.7 Å². The third-order valence-electron chi connectivity index (χ3n) is 3.98. The van der Waals surface area contributed by atoms with Crippen molar-refractivity contribution in [3.8, 4) is 11.5 Å². The van der Waals surface area contributed by atoms with Gasteiger partial charge in [-0.05, 0) is 41.8 Å². The minimum absolute atomic E-state index is 0.226. The highest BCUT2D eigenvalue weighted by Gasteiger charge is 2.30. The Hall–Kier alpha value is -2.43. The van der Waals surface area contributed by atoms with E-state index in [1.165, 1.54) is 37.8 Å². The molecular formula is C22H25F3O2. The van der Waals surface area contributed by atoms with E-state index in [2.05, 4.69) is 11.7 Å². The van der Waals surface area contributed by atoms with Crippen molar-refractivity contribution in [2.45, 2.75) is 45.4 Å². The highest BCUT2D eigenvalue weighted by Crippen LogP contribution is 2.23. The molecule has 0 bridgehead atoms. The summed E-state index contributed by atoms with van der Waals surface area (Å²) in [5, 5.41) is 0. The van der Waals surface area contributed by atoms with Gasteiger partial charge in [-0.3, -0.25) is 0 Å². The van der Waals surface area contributed by atoms with Gasteiger partial charge in [0.1, 0.15) is 11.5 Å². The fourth-order valence-electron chi connectivity index (χ4n) is 2.54. The lowest BCUT2D eigenvalue weighted by atomic mass is 10.1. The number of alkyl halides is 3. The summed E-state index contributed by atoms with van der Waals surface area (Å²) in [4.78, 5) is 0. The summed E-state index contributed by atoms with van der Waals surface area (Å²) in [6, 6.07) is 13.5. The van der Waals surface area contributed by atoms with Crippen molar-refractivity contribution < 1.29 is 22.6 Å². The number of rotatable bonds is 10. The molecular weight excluding hydrogens is 353 g/mol. The van der Waals surface area contributed by atoms with Gasteiger partial charge in [-0.15, -0.1) is 13.2 Å². The average molecular weight is 378 g/mol. The molecule has 0 heterocycles. The molecule has 0 aliphatic heterocycles. The van der Waals surface area contributed by atoms with Gasteiger partial charge in [-0.25, -0.2) is 0 Å². The monoisotopic (exact) mass is 378 g/mol. The summed E-state index contributed by atoms with van der Waals surface area (Å²) >= 11 is 0. The largest absolute Gasteiger partial charge is 0.573 e. The molecule has 0 aromatic heterocycles. The van der Waals surface area contributed by atoms with Crippen LogP contribution in [0.5, 0.6) is 11.5 Å². The summed E-state index contributed by atoms with van der Waals surface area (Å²) in [5.74, 6) is 0.618. The third kappa shape index (κ3) is 8.67. The zero-order chi connectivity index (χ0) is 19.5. The van der Waals surface area contributed by atoms with Crippen molar-refractivity contribution in [3.63, 3.8) is 0 Å². The first-order valence-corrected chi connectivity index (χ1v) is 9.23. The van der Waals surface area contributed by atoms with Crippen LogP contribution in [0.4, 0.5) is 13.2 Å². The summed E-state index contributed by atoms with van der Waals surface area (Å²) < 4.78 is 46.0. The molecule has 27 heavy (non-hydrogen) atoms. The second kappa shape index (κ2) is 10.7. The van der Waals surface area contributed by atoms with Crippen molar-refractivity contribution in [2.24, 2.45) is 0 Å². The van der Waals surface area contributed by atoms with Crippen LogP contribution in [0.2, 0.25) is 0 Å². The number of hydrogen-bond donors (Lipinski definition) is 0. The van der Waals surface area contributed by atoms with Gasteiger partial charge in [0.2, 0.25) is 0 Å². The van der Waals surface area contributed by atoms with Gasteiger partial charge < -0.3 is 9.47 Å². The Kier molecular flexibility index (Phi) is 8.24. The number of unbranched alkanes of at least 4 members (excludes halogenated alkanes) is 4. The van der Waals surface area contributed by atoms with E-state index in [0.717, 1.165) is 29.9 Å². The Labute approximate surface area is 158 Å². The number of hydrogen-bond acceptors (Lipinski definition) is 2. The Morgan fingerprint density at radius 1 is 0.741 bits per heavy atom. The number of benzene rings is 2. The highest BCUT2D eigenvalue weighted by atomic mass is 19.4. The van der Waals surface area contributed by atoms with E-state index >= 15 is 0 Å². The average Bonchev–Trinajstić information content (AvgIpc) is 2.64. The molecule has 146 valence electrons. The van der Waals surface area contributed by atoms with Gasteiger partial charge in [-0.2, -0.15) is 0 Å². The highest BCUT2D eigenvalue weighted by molar-refractivity contribution is 5.70. The van der Waals surface area contributed by atoms with Gasteiger partial charge >= 0.3 is 6.36 Å². The predicted octanol–water partition coefficient (Wildman–Crippen LogP) is 7.10. The Bertz CT molecular complexity index is 689. The molecule has 0 atom stereocenters. The summed E-state index contributed by atoms with van der Waals surface area (Å²) in [6.07, 6.45) is 5.09. The van der Waals surface area contributed by atoms with Crippen molar-refractivity contribution in [1.29, 1.82) is 0 Å². The maximum atomic E-state index is 12.1. The SMILES string of the molecule is CCCCCCCOc1ccc(/C=C/c2ccc(OC(F)(F)F)cc2)cc1. The molecule has 0 amide bonds. The van der Waals surface area contributed by atoms with Crippen LogP contribution in [-0.2, 0) is 0 Å². The summed E-state index contributed by atoms with van der Waals surface area (Å²) in [6.45, 7) is 2.93. The molecule has 0 unspecified atom stereocenters. The van der Waals surface area contributed by atoms with E-state index < -0.39 is 6.36 Å². The molecule has 2 aromatic carbocycles. The molecule has 0 spiro atoms. The molecule has 0 N–H and O–H groups in total. The van der Waals surface area contributed by atoms with E-state index in [9.17, 15) is 13.2 Å². The molecule has 0 aliphatic carbocycles. The zero-order valence-corrected chi connectivity index (χ0v) is 15.5. The standard InChI is InChI=1S/C22H25F3O2/c1-2-3-4-5-6-17-26-20-13-9-18(10-14-20)7-8-19-11-15-21(16-12-19)27-22(23,24)25/h7-16H,2-6,17H2,1H3/b8-7+. The molecule has 5 heteroatoms. The van der Waals surface area contributed by atoms with Crippen LogP contribution in [0.15, 0.2) is 48.5 Å². The minimum Gasteiger partial charge on any atom is -0.494 e. The first kappa shape index (κ1) is 20.9. The van der Waals surface area contributed by atoms with Crippen molar-refractivity contribution in [1.82, 2.24) is 0 Å². The van der Waals surface area contributed by atoms with E-state index in [-0.39, 0.29) is 5.75 Å². The Morgan fingerprint density at radius 2 is 1.26 bits per heavy atom. The fraction of sp³-hybridized carbons (Fsp3) is 0.364. The molecule has 0 aliphatic rings. The summed E-state index contributed by atoms with van der Waals surface area (Å²) in [5.41, 5.74) is 1.78. The zero-order valence-electron chi connectivity index (χ0n) is 15.5. The Morgan fingerprint density at radius 3 is 1.78 bits per heavy atom. The van der Waals surface area contributed by atoms with Gasteiger partial charge in [0.05, 0.1) is 6.61 Å². The van der Waals surface area contributed by atoms with E-state index in [0.29, 0.717) is 0 Å². The number of halogens is 3. The van der Waals surface area contributed by atoms with Gasteiger partial charge in [-0.1, -0.05) is 69.0 Å². The van der Waals surface area contributed by atoms with Crippen LogP contribution in [0.1, 0.15) is 50.2 Å². The fourth-order valence-corrected chi connectivity index (χ4v) is 2.54. The second-order valence-electron chi connectivity index (χ2n) is 6.28. The maximum Gasteiger partial charge on any atom is 0.573 e. The van der Waals surface area contributed by atoms with Gasteiger partial charge in [0.25, 0.3) is 0 Å². The smallest absolute Gasteiger partial charge is 0.494 e. The first-order valence-electron chi connectivity index (χ1n) is 9.23. The van der Waals surface area contributed by atoms with Crippen molar-refractivity contribution in [2.75, 3.05) is 6.61 Å². The Balaban J connectivity index is 1.80. The molecule has 2 aromatic rings. The quantitative estimate of drug-likeness (QED) is 0.324. The minimum atomic E-state index is -4.67. The third-order valence-corrected chi connectivity index (χ3v) is 3.98. The predicted molar refractivity (Wildman–Crippen MR) is 103 cm³/mol. The van der Waals surface area contributed by atoms with Gasteiger partial charge in [0, 0.05) is 0 Å². The lowest BCUT2D eigenvalue weighted by molar-refractivity contribution is -0.274. The van der Waals surface area contributed by atoms with Crippen LogP contribution in [0, 0.1) is 0 Å². The second-order valence-corrected chi connectivity index (χ2v) is 6.28. The molecule has 0 saturated heterocycles. The molecule has 0 fully saturated rings. The maximum absolute atomic E-state index is 12.1. The summed E-state index contributed by atoms with van der Waals surface area (Å²) in [7, 11) is 0. The topological polar surface area (TPSA) is 18.5 Å². The van der Waals surface area contributed by atoms with Gasteiger partial charge in [0.15, 0.2) is 0 Å². The normalized spacial score (nSPS) is 11.7. The van der Waals surface area contributed by atoms with Crippen LogP contribution in [0.3, 0.4) is 0 Å². The van der Waals surface area contributed by atoms with Crippen LogP contribution < -0.4 is 9.47 Å². The lowest BCUT2D eigenvalue weighted by Gasteiger charge is -2.08. The molecule has 0 saturated carbocycles. The van der Waals surface area contributed by atoms with E-state index in [1.807, 2.05) is 36.4 Å². The van der Waals surface area contributed by atoms with E-state index in [4.69, 9.17) is 4.74 Å². The molecule has 2 rings (SSSR count). The van der Waals surface area contributed by atoms with Crippen LogP contribution in [-0.4, -0.2) is 13.0 Å². The first-order chi connectivity index (χ1) is 13.0. The van der Waals surface area contributed by atoms with E-state index in [1.54, 1.807) is 12.1 Å².